The molecule has 0 fully saturated rings. The van der Waals surface area contributed by atoms with E-state index in [9.17, 15) is 0 Å². The van der Waals surface area contributed by atoms with E-state index in [1.54, 1.807) is 0 Å². The van der Waals surface area contributed by atoms with E-state index in [2.05, 4.69) is 257 Å². The molecule has 4 heteroatoms. The van der Waals surface area contributed by atoms with E-state index < -0.39 is 0 Å². The highest BCUT2D eigenvalue weighted by atomic mass is 15.2. The maximum absolute atomic E-state index is 2.57. The summed E-state index contributed by atoms with van der Waals surface area (Å²) in [6.07, 6.45) is 0. The third kappa shape index (κ3) is 7.74. The molecule has 0 radical (unpaired) electrons. The van der Waals surface area contributed by atoms with E-state index >= 15 is 0 Å². The number of anilines is 9. The van der Waals surface area contributed by atoms with Crippen LogP contribution in [0.1, 0.15) is 116 Å². The van der Waals surface area contributed by atoms with E-state index in [0.29, 0.717) is 0 Å². The molecule has 0 N–H and O–H groups in total. The van der Waals surface area contributed by atoms with Crippen molar-refractivity contribution in [3.05, 3.63) is 179 Å². The molecule has 64 heavy (non-hydrogen) atoms. The summed E-state index contributed by atoms with van der Waals surface area (Å²) in [6.45, 7) is 32.2. The molecule has 0 atom stereocenters. The summed E-state index contributed by atoms with van der Waals surface area (Å²) in [5.41, 5.74) is 22.3. The first-order valence-corrected chi connectivity index (χ1v) is 23.3. The summed E-state index contributed by atoms with van der Waals surface area (Å²) in [6, 6.07) is 56.2. The van der Waals surface area contributed by atoms with Crippen LogP contribution in [0, 0.1) is 13.8 Å². The van der Waals surface area contributed by atoms with Gasteiger partial charge in [0.15, 0.2) is 0 Å². The Morgan fingerprint density at radius 1 is 0.359 bits per heavy atom. The molecule has 2 aliphatic rings. The second kappa shape index (κ2) is 15.3. The Kier molecular flexibility index (Phi) is 10.4. The van der Waals surface area contributed by atoms with Crippen molar-refractivity contribution in [2.24, 2.45) is 0 Å². The van der Waals surface area contributed by atoms with Crippen molar-refractivity contribution in [1.29, 1.82) is 0 Å². The van der Waals surface area contributed by atoms with Gasteiger partial charge in [0.1, 0.15) is 0 Å². The molecule has 0 saturated heterocycles. The zero-order valence-corrected chi connectivity index (χ0v) is 40.8. The Bertz CT molecular complexity index is 2700. The molecule has 0 saturated carbocycles. The number of fused-ring (bicyclic) bond motifs is 4. The van der Waals surface area contributed by atoms with E-state index in [4.69, 9.17) is 0 Å². The van der Waals surface area contributed by atoms with Gasteiger partial charge in [0.05, 0.1) is 5.69 Å². The average Bonchev–Trinajstić information content (AvgIpc) is 3.22. The minimum absolute atomic E-state index is 0.00441. The second-order valence-corrected chi connectivity index (χ2v) is 22.7. The fraction of sp³-hybridized carbons (Fsp3) is 0.300. The first-order valence-electron chi connectivity index (χ1n) is 23.3. The van der Waals surface area contributed by atoms with Crippen LogP contribution in [0.25, 0.3) is 0 Å². The first-order chi connectivity index (χ1) is 30.1. The molecule has 9 rings (SSSR count). The van der Waals surface area contributed by atoms with Gasteiger partial charge in [-0.15, -0.1) is 0 Å². The zero-order valence-electron chi connectivity index (χ0n) is 40.8. The summed E-state index contributed by atoms with van der Waals surface area (Å²) in [5.74, 6) is 0. The van der Waals surface area contributed by atoms with Crippen molar-refractivity contribution in [2.45, 2.75) is 119 Å². The van der Waals surface area contributed by atoms with Gasteiger partial charge < -0.3 is 14.7 Å². The van der Waals surface area contributed by atoms with Crippen LogP contribution in [0.4, 0.5) is 51.2 Å². The molecule has 324 valence electrons. The van der Waals surface area contributed by atoms with Crippen molar-refractivity contribution in [2.75, 3.05) is 14.7 Å². The van der Waals surface area contributed by atoms with E-state index in [1.165, 1.54) is 72.5 Å². The highest BCUT2D eigenvalue weighted by molar-refractivity contribution is 7.00. The van der Waals surface area contributed by atoms with Gasteiger partial charge in [0.25, 0.3) is 6.71 Å². The summed E-state index contributed by atoms with van der Waals surface area (Å²) in [4.78, 5) is 7.60. The van der Waals surface area contributed by atoms with Crippen molar-refractivity contribution >= 4 is 74.3 Å². The standard InChI is InChI=1S/C60H66BN3/c1-39-17-15-19-47(33-39)62(48-20-16-18-40(2)34-48)49-37-54-56-55(38-49)64(46-29-23-42(24-30-46)58(6,7)8)53-32-26-44(60(12,13)14)36-51(53)61(56)50-35-43(59(9,10)11)25-31-52(50)63(54)45-27-21-41(22-28-45)57(3,4)5/h15-38H,1-14H3. The predicted molar refractivity (Wildman–Crippen MR) is 279 cm³/mol. The van der Waals surface area contributed by atoms with E-state index in [-0.39, 0.29) is 28.4 Å². The van der Waals surface area contributed by atoms with Crippen LogP contribution in [-0.2, 0) is 21.7 Å². The zero-order chi connectivity index (χ0) is 45.7. The number of rotatable bonds is 5. The van der Waals surface area contributed by atoms with Gasteiger partial charge in [0, 0.05) is 45.5 Å². The third-order valence-corrected chi connectivity index (χ3v) is 13.5. The van der Waals surface area contributed by atoms with Crippen LogP contribution in [-0.4, -0.2) is 6.71 Å². The van der Waals surface area contributed by atoms with Crippen LogP contribution in [0.3, 0.4) is 0 Å². The van der Waals surface area contributed by atoms with Crippen molar-refractivity contribution in [1.82, 2.24) is 0 Å². The Hall–Kier alpha value is -6.00. The maximum atomic E-state index is 2.57. The van der Waals surface area contributed by atoms with Crippen LogP contribution in [0.5, 0.6) is 0 Å². The van der Waals surface area contributed by atoms with E-state index in [0.717, 1.165) is 28.4 Å². The summed E-state index contributed by atoms with van der Waals surface area (Å²) < 4.78 is 0. The predicted octanol–water partition coefficient (Wildman–Crippen LogP) is 15.0. The van der Waals surface area contributed by atoms with Gasteiger partial charge in [-0.05, 0) is 158 Å². The van der Waals surface area contributed by atoms with Crippen LogP contribution < -0.4 is 31.1 Å². The molecule has 0 bridgehead atoms. The molecule has 0 aliphatic carbocycles. The molecule has 7 aromatic rings. The van der Waals surface area contributed by atoms with Gasteiger partial charge >= 0.3 is 0 Å². The average molecular weight is 840 g/mol. The van der Waals surface area contributed by atoms with Gasteiger partial charge in [-0.1, -0.05) is 156 Å². The SMILES string of the molecule is Cc1cccc(N(c2cccc(C)c2)c2cc3c4c(c2)N(c2ccc(C(C)(C)C)cc2)c2ccc(C(C)(C)C)cc2B4c2cc(C(C)(C)C)ccc2N3c2ccc(C(C)(C)C)cc2)c1. The number of hydrogen-bond donors (Lipinski definition) is 0. The molecular formula is C60H66BN3. The molecule has 0 amide bonds. The molecule has 0 aromatic heterocycles. The summed E-state index contributed by atoms with van der Waals surface area (Å²) in [5, 5.41) is 0. The molecule has 0 unspecified atom stereocenters. The Balaban J connectivity index is 1.44. The first kappa shape index (κ1) is 43.3. The van der Waals surface area contributed by atoms with Crippen LogP contribution in [0.2, 0.25) is 0 Å². The van der Waals surface area contributed by atoms with Gasteiger partial charge in [-0.3, -0.25) is 0 Å². The van der Waals surface area contributed by atoms with E-state index in [1.807, 2.05) is 0 Å². The quantitative estimate of drug-likeness (QED) is 0.160. The Labute approximate surface area is 384 Å². The maximum Gasteiger partial charge on any atom is 0.252 e. The smallest absolute Gasteiger partial charge is 0.252 e. The molecule has 0 spiro atoms. The number of aryl methyl sites for hydroxylation is 2. The summed E-state index contributed by atoms with van der Waals surface area (Å²) in [7, 11) is 0. The highest BCUT2D eigenvalue weighted by Gasteiger charge is 2.45. The molecule has 2 heterocycles. The largest absolute Gasteiger partial charge is 0.311 e. The van der Waals surface area contributed by atoms with Crippen LogP contribution in [0.15, 0.2) is 146 Å². The Morgan fingerprint density at radius 3 is 1.06 bits per heavy atom. The fourth-order valence-electron chi connectivity index (χ4n) is 9.81. The van der Waals surface area contributed by atoms with Gasteiger partial charge in [-0.2, -0.15) is 0 Å². The second-order valence-electron chi connectivity index (χ2n) is 22.7. The normalized spacial score (nSPS) is 13.7. The summed E-state index contributed by atoms with van der Waals surface area (Å²) >= 11 is 0. The topological polar surface area (TPSA) is 9.72 Å². The van der Waals surface area contributed by atoms with Gasteiger partial charge in [-0.25, -0.2) is 0 Å². The molecule has 7 aromatic carbocycles. The highest BCUT2D eigenvalue weighted by Crippen LogP contribution is 2.49. The minimum atomic E-state index is -0.0328. The minimum Gasteiger partial charge on any atom is -0.311 e. The molecular weight excluding hydrogens is 773 g/mol. The van der Waals surface area contributed by atoms with Crippen LogP contribution >= 0.6 is 0 Å². The lowest BCUT2D eigenvalue weighted by molar-refractivity contribution is 0.590. The number of benzene rings is 7. The molecule has 2 aliphatic heterocycles. The van der Waals surface area contributed by atoms with Gasteiger partial charge in [0.2, 0.25) is 0 Å². The third-order valence-electron chi connectivity index (χ3n) is 13.5. The lowest BCUT2D eigenvalue weighted by Crippen LogP contribution is -2.61. The lowest BCUT2D eigenvalue weighted by atomic mass is 9.33. The molecule has 3 nitrogen and oxygen atoms in total. The fourth-order valence-corrected chi connectivity index (χ4v) is 9.81. The number of hydrogen-bond acceptors (Lipinski definition) is 3. The lowest BCUT2D eigenvalue weighted by Gasteiger charge is -2.45. The van der Waals surface area contributed by atoms with Crippen molar-refractivity contribution in [3.8, 4) is 0 Å². The number of nitrogens with zero attached hydrogens (tertiary/aromatic N) is 3. The monoisotopic (exact) mass is 840 g/mol. The van der Waals surface area contributed by atoms with Crippen molar-refractivity contribution < 1.29 is 0 Å². The van der Waals surface area contributed by atoms with Crippen molar-refractivity contribution in [3.63, 3.8) is 0 Å². The Morgan fingerprint density at radius 2 is 0.719 bits per heavy atom.